The predicted molar refractivity (Wildman–Crippen MR) is 108 cm³/mol. The van der Waals surface area contributed by atoms with Gasteiger partial charge in [0.15, 0.2) is 6.61 Å². The quantitative estimate of drug-likeness (QED) is 0.634. The number of hydrogen-bond acceptors (Lipinski definition) is 4. The van der Waals surface area contributed by atoms with E-state index in [-0.39, 0.29) is 30.1 Å². The summed E-state index contributed by atoms with van der Waals surface area (Å²) in [7, 11) is 0. The lowest BCUT2D eigenvalue weighted by Gasteiger charge is -2.33. The maximum Gasteiger partial charge on any atom is 0.260 e. The number of aromatic nitrogens is 2. The molecule has 1 aliphatic heterocycles. The van der Waals surface area contributed by atoms with Crippen molar-refractivity contribution >= 4 is 5.91 Å². The summed E-state index contributed by atoms with van der Waals surface area (Å²) >= 11 is 0. The highest BCUT2D eigenvalue weighted by Gasteiger charge is 2.28. The summed E-state index contributed by atoms with van der Waals surface area (Å²) in [6.45, 7) is 1.01. The molecule has 0 bridgehead atoms. The van der Waals surface area contributed by atoms with Crippen LogP contribution in [-0.4, -0.2) is 40.5 Å². The number of ether oxygens (including phenoxy) is 1. The van der Waals surface area contributed by atoms with E-state index in [2.05, 4.69) is 9.97 Å². The molecule has 2 aromatic carbocycles. The molecule has 1 saturated heterocycles. The van der Waals surface area contributed by atoms with Crippen LogP contribution in [0, 0.1) is 11.6 Å². The second-order valence-electron chi connectivity index (χ2n) is 7.22. The zero-order valence-electron chi connectivity index (χ0n) is 16.3. The Bertz CT molecular complexity index is 1030. The van der Waals surface area contributed by atoms with Crippen molar-refractivity contribution in [1.82, 2.24) is 14.9 Å². The largest absolute Gasteiger partial charge is 0.484 e. The Balaban J connectivity index is 1.46. The topological polar surface area (TPSA) is 55.3 Å². The number of piperidine rings is 1. The Morgan fingerprint density at radius 1 is 1.07 bits per heavy atom. The van der Waals surface area contributed by atoms with Gasteiger partial charge in [-0.25, -0.2) is 8.78 Å². The molecule has 0 spiro atoms. The molecule has 5 nitrogen and oxygen atoms in total. The highest BCUT2D eigenvalue weighted by molar-refractivity contribution is 5.78. The van der Waals surface area contributed by atoms with Crippen molar-refractivity contribution in [1.29, 1.82) is 0 Å². The van der Waals surface area contributed by atoms with E-state index in [4.69, 9.17) is 4.74 Å². The van der Waals surface area contributed by atoms with Gasteiger partial charge in [-0.2, -0.15) is 0 Å². The molecule has 1 aliphatic rings. The van der Waals surface area contributed by atoms with Crippen molar-refractivity contribution in [2.24, 2.45) is 0 Å². The molecule has 1 aromatic heterocycles. The van der Waals surface area contributed by atoms with E-state index in [0.717, 1.165) is 18.5 Å². The summed E-state index contributed by atoms with van der Waals surface area (Å²) in [5.41, 5.74) is 2.07. The third-order valence-electron chi connectivity index (χ3n) is 5.16. The number of halogens is 2. The number of carbonyl (C=O) groups excluding carboxylic acids is 1. The second-order valence-corrected chi connectivity index (χ2v) is 7.22. The van der Waals surface area contributed by atoms with E-state index in [0.29, 0.717) is 30.1 Å². The van der Waals surface area contributed by atoms with Gasteiger partial charge in [-0.3, -0.25) is 14.8 Å². The lowest BCUT2D eigenvalue weighted by molar-refractivity contribution is -0.134. The molecule has 154 valence electrons. The Morgan fingerprint density at radius 2 is 1.87 bits per heavy atom. The first-order chi connectivity index (χ1) is 14.6. The number of carbonyl (C=O) groups is 1. The van der Waals surface area contributed by atoms with Crippen molar-refractivity contribution in [2.75, 3.05) is 19.7 Å². The first-order valence-electron chi connectivity index (χ1n) is 9.83. The Kier molecular flexibility index (Phi) is 5.97. The fourth-order valence-corrected chi connectivity index (χ4v) is 3.70. The lowest BCUT2D eigenvalue weighted by Crippen LogP contribution is -2.41. The van der Waals surface area contributed by atoms with Gasteiger partial charge in [-0.15, -0.1) is 0 Å². The van der Waals surface area contributed by atoms with Crippen LogP contribution in [0.5, 0.6) is 5.75 Å². The van der Waals surface area contributed by atoms with Crippen LogP contribution in [0.1, 0.15) is 24.5 Å². The molecule has 0 aliphatic carbocycles. The number of benzene rings is 2. The van der Waals surface area contributed by atoms with Crippen molar-refractivity contribution in [3.63, 3.8) is 0 Å². The average molecular weight is 409 g/mol. The molecule has 2 heterocycles. The third-order valence-corrected chi connectivity index (χ3v) is 5.16. The van der Waals surface area contributed by atoms with Crippen LogP contribution in [0.15, 0.2) is 60.9 Å². The SMILES string of the molecule is O=C(COc1ccc(F)cc1)N1CCCC(c2nccnc2-c2cccc(F)c2)C1. The normalized spacial score (nSPS) is 16.3. The molecular formula is C23H21F2N3O2. The molecule has 0 radical (unpaired) electrons. The predicted octanol–water partition coefficient (Wildman–Crippen LogP) is 4.21. The van der Waals surface area contributed by atoms with Gasteiger partial charge in [0.2, 0.25) is 0 Å². The smallest absolute Gasteiger partial charge is 0.260 e. The first kappa shape index (κ1) is 19.9. The van der Waals surface area contributed by atoms with Crippen LogP contribution >= 0.6 is 0 Å². The standard InChI is InChI=1S/C23H21F2N3O2/c24-18-6-8-20(9-7-18)30-15-21(29)28-12-2-4-17(14-28)23-22(26-10-11-27-23)16-3-1-5-19(25)13-16/h1,3,5-11,13,17H,2,4,12,14-15H2. The highest BCUT2D eigenvalue weighted by atomic mass is 19.1. The van der Waals surface area contributed by atoms with Crippen molar-refractivity contribution in [3.8, 4) is 17.0 Å². The summed E-state index contributed by atoms with van der Waals surface area (Å²) in [5, 5.41) is 0. The van der Waals surface area contributed by atoms with Crippen molar-refractivity contribution in [2.45, 2.75) is 18.8 Å². The number of amides is 1. The maximum atomic E-state index is 13.7. The fraction of sp³-hybridized carbons (Fsp3) is 0.261. The van der Waals surface area contributed by atoms with Crippen LogP contribution in [0.2, 0.25) is 0 Å². The lowest BCUT2D eigenvalue weighted by atomic mass is 9.91. The summed E-state index contributed by atoms with van der Waals surface area (Å²) < 4.78 is 32.2. The molecule has 1 atom stereocenters. The molecule has 0 saturated carbocycles. The molecule has 7 heteroatoms. The van der Waals surface area contributed by atoms with Gasteiger partial charge in [0, 0.05) is 37.0 Å². The van der Waals surface area contributed by atoms with Crippen LogP contribution in [0.3, 0.4) is 0 Å². The van der Waals surface area contributed by atoms with Gasteiger partial charge in [-0.05, 0) is 49.2 Å². The summed E-state index contributed by atoms with van der Waals surface area (Å²) in [4.78, 5) is 23.4. The Morgan fingerprint density at radius 3 is 2.67 bits per heavy atom. The monoisotopic (exact) mass is 409 g/mol. The van der Waals surface area contributed by atoms with Gasteiger partial charge in [0.05, 0.1) is 11.4 Å². The third kappa shape index (κ3) is 4.62. The molecule has 1 unspecified atom stereocenters. The highest BCUT2D eigenvalue weighted by Crippen LogP contribution is 2.32. The second kappa shape index (κ2) is 8.98. The van der Waals surface area contributed by atoms with Gasteiger partial charge >= 0.3 is 0 Å². The van der Waals surface area contributed by atoms with Gasteiger partial charge < -0.3 is 9.64 Å². The minimum absolute atomic E-state index is 0.000452. The summed E-state index contributed by atoms with van der Waals surface area (Å²) in [6.07, 6.45) is 4.90. The van der Waals surface area contributed by atoms with Crippen LogP contribution in [0.25, 0.3) is 11.3 Å². The van der Waals surface area contributed by atoms with E-state index in [9.17, 15) is 13.6 Å². The minimum atomic E-state index is -0.356. The molecule has 4 rings (SSSR count). The number of hydrogen-bond donors (Lipinski definition) is 0. The average Bonchev–Trinajstić information content (AvgIpc) is 2.78. The van der Waals surface area contributed by atoms with Gasteiger partial charge in [0.25, 0.3) is 5.91 Å². The zero-order valence-corrected chi connectivity index (χ0v) is 16.3. The van der Waals surface area contributed by atoms with Crippen LogP contribution in [-0.2, 0) is 4.79 Å². The van der Waals surface area contributed by atoms with E-state index in [1.165, 1.54) is 36.4 Å². The Labute approximate surface area is 173 Å². The summed E-state index contributed by atoms with van der Waals surface area (Å²) in [6, 6.07) is 11.8. The minimum Gasteiger partial charge on any atom is -0.484 e. The molecular weight excluding hydrogens is 388 g/mol. The zero-order chi connectivity index (χ0) is 20.9. The molecule has 1 amide bonds. The first-order valence-corrected chi connectivity index (χ1v) is 9.83. The summed E-state index contributed by atoms with van der Waals surface area (Å²) in [5.74, 6) is -0.380. The fourth-order valence-electron chi connectivity index (χ4n) is 3.70. The van der Waals surface area contributed by atoms with Crippen LogP contribution in [0.4, 0.5) is 8.78 Å². The van der Waals surface area contributed by atoms with E-state index >= 15 is 0 Å². The number of rotatable bonds is 5. The Hall–Kier alpha value is -3.35. The van der Waals surface area contributed by atoms with Crippen molar-refractivity contribution in [3.05, 3.63) is 78.3 Å². The van der Waals surface area contributed by atoms with E-state index < -0.39 is 0 Å². The van der Waals surface area contributed by atoms with E-state index in [1.807, 2.05) is 0 Å². The molecule has 3 aromatic rings. The number of likely N-dealkylation sites (tertiary alicyclic amines) is 1. The maximum absolute atomic E-state index is 13.7. The number of nitrogens with zero attached hydrogens (tertiary/aromatic N) is 3. The van der Waals surface area contributed by atoms with Crippen LogP contribution < -0.4 is 4.74 Å². The molecule has 1 fully saturated rings. The van der Waals surface area contributed by atoms with Gasteiger partial charge in [0.1, 0.15) is 17.4 Å². The van der Waals surface area contributed by atoms with E-state index in [1.54, 1.807) is 29.4 Å². The molecule has 30 heavy (non-hydrogen) atoms. The molecule has 0 N–H and O–H groups in total. The van der Waals surface area contributed by atoms with Crippen molar-refractivity contribution < 1.29 is 18.3 Å². The van der Waals surface area contributed by atoms with Gasteiger partial charge in [-0.1, -0.05) is 12.1 Å².